The molecule has 122 valence electrons. The number of carbonyl (C=O) groups excluding carboxylic acids is 1. The fourth-order valence-corrected chi connectivity index (χ4v) is 4.36. The standard InChI is InChI=1S/C19H19N3OS/c1-13(23)20-19-21-17-9-10-22(12-18(17)24-19)11-15-7-4-6-14-5-2-3-8-16(14)15/h2-8H,9-12H2,1H3,(H,20,21,23). The molecule has 1 aromatic heterocycles. The van der Waals surface area contributed by atoms with Gasteiger partial charge in [0.2, 0.25) is 5.91 Å². The zero-order chi connectivity index (χ0) is 16.5. The molecule has 2 aromatic carbocycles. The highest BCUT2D eigenvalue weighted by Gasteiger charge is 2.21. The molecule has 0 saturated heterocycles. The second kappa shape index (κ2) is 6.34. The van der Waals surface area contributed by atoms with Gasteiger partial charge in [-0.1, -0.05) is 42.5 Å². The molecule has 3 aromatic rings. The van der Waals surface area contributed by atoms with Crippen LogP contribution in [0.4, 0.5) is 5.13 Å². The Morgan fingerprint density at radius 3 is 2.96 bits per heavy atom. The van der Waals surface area contributed by atoms with Gasteiger partial charge >= 0.3 is 0 Å². The second-order valence-corrected chi connectivity index (χ2v) is 7.25. The predicted molar refractivity (Wildman–Crippen MR) is 98.2 cm³/mol. The first-order valence-corrected chi connectivity index (χ1v) is 8.96. The number of anilines is 1. The number of hydrogen-bond donors (Lipinski definition) is 1. The predicted octanol–water partition coefficient (Wildman–Crippen LogP) is 3.81. The van der Waals surface area contributed by atoms with Crippen LogP contribution in [-0.2, 0) is 24.3 Å². The summed E-state index contributed by atoms with van der Waals surface area (Å²) in [6, 6.07) is 15.1. The van der Waals surface area contributed by atoms with E-state index in [4.69, 9.17) is 0 Å². The summed E-state index contributed by atoms with van der Waals surface area (Å²) in [5.74, 6) is -0.0614. The van der Waals surface area contributed by atoms with Crippen molar-refractivity contribution in [2.24, 2.45) is 0 Å². The van der Waals surface area contributed by atoms with Crippen LogP contribution in [0.2, 0.25) is 0 Å². The van der Waals surface area contributed by atoms with Crippen molar-refractivity contribution in [3.8, 4) is 0 Å². The minimum atomic E-state index is -0.0614. The van der Waals surface area contributed by atoms with E-state index in [1.807, 2.05) is 0 Å². The zero-order valence-corrected chi connectivity index (χ0v) is 14.4. The van der Waals surface area contributed by atoms with Crippen LogP contribution in [-0.4, -0.2) is 22.3 Å². The third kappa shape index (κ3) is 3.05. The Kier molecular flexibility index (Phi) is 4.04. The quantitative estimate of drug-likeness (QED) is 0.790. The third-order valence-corrected chi connectivity index (χ3v) is 5.36. The van der Waals surface area contributed by atoms with Crippen molar-refractivity contribution < 1.29 is 4.79 Å². The maximum absolute atomic E-state index is 11.2. The van der Waals surface area contributed by atoms with Crippen LogP contribution in [0.1, 0.15) is 23.1 Å². The van der Waals surface area contributed by atoms with E-state index in [2.05, 4.69) is 57.7 Å². The Bertz CT molecular complexity index is 897. The smallest absolute Gasteiger partial charge is 0.223 e. The van der Waals surface area contributed by atoms with E-state index in [0.717, 1.165) is 36.9 Å². The fraction of sp³-hybridized carbons (Fsp3) is 0.263. The van der Waals surface area contributed by atoms with Gasteiger partial charge in [-0.2, -0.15) is 0 Å². The lowest BCUT2D eigenvalue weighted by atomic mass is 10.0. The molecular weight excluding hydrogens is 318 g/mol. The molecule has 4 nitrogen and oxygen atoms in total. The van der Waals surface area contributed by atoms with Gasteiger partial charge in [0.15, 0.2) is 5.13 Å². The van der Waals surface area contributed by atoms with Crippen LogP contribution in [0, 0.1) is 0 Å². The maximum Gasteiger partial charge on any atom is 0.223 e. The van der Waals surface area contributed by atoms with Crippen LogP contribution in [0.25, 0.3) is 10.8 Å². The summed E-state index contributed by atoms with van der Waals surface area (Å²) in [6.45, 7) is 4.36. The Hall–Kier alpha value is -2.24. The number of amides is 1. The summed E-state index contributed by atoms with van der Waals surface area (Å²) in [7, 11) is 0. The molecule has 24 heavy (non-hydrogen) atoms. The first-order valence-electron chi connectivity index (χ1n) is 8.14. The van der Waals surface area contributed by atoms with E-state index < -0.39 is 0 Å². The van der Waals surface area contributed by atoms with E-state index in [9.17, 15) is 4.79 Å². The number of rotatable bonds is 3. The van der Waals surface area contributed by atoms with Gasteiger partial charge in [0, 0.05) is 37.9 Å². The van der Waals surface area contributed by atoms with Gasteiger partial charge in [-0.05, 0) is 16.3 Å². The van der Waals surface area contributed by atoms with E-state index in [-0.39, 0.29) is 5.91 Å². The van der Waals surface area contributed by atoms with Gasteiger partial charge in [0.25, 0.3) is 0 Å². The van der Waals surface area contributed by atoms with Gasteiger partial charge in [-0.15, -0.1) is 11.3 Å². The van der Waals surface area contributed by atoms with Gasteiger partial charge in [0.05, 0.1) is 5.69 Å². The highest BCUT2D eigenvalue weighted by atomic mass is 32.1. The lowest BCUT2D eigenvalue weighted by Gasteiger charge is -2.26. The molecule has 4 rings (SSSR count). The van der Waals surface area contributed by atoms with Crippen molar-refractivity contribution in [1.82, 2.24) is 9.88 Å². The fourth-order valence-electron chi connectivity index (χ4n) is 3.26. The molecule has 0 radical (unpaired) electrons. The van der Waals surface area contributed by atoms with Gasteiger partial charge in [-0.25, -0.2) is 4.98 Å². The van der Waals surface area contributed by atoms with Gasteiger partial charge in [-0.3, -0.25) is 9.69 Å². The van der Waals surface area contributed by atoms with Crippen molar-refractivity contribution in [3.05, 3.63) is 58.6 Å². The summed E-state index contributed by atoms with van der Waals surface area (Å²) in [5, 5.41) is 6.14. The number of nitrogens with zero attached hydrogens (tertiary/aromatic N) is 2. The van der Waals surface area contributed by atoms with Crippen molar-refractivity contribution in [3.63, 3.8) is 0 Å². The largest absolute Gasteiger partial charge is 0.302 e. The van der Waals surface area contributed by atoms with E-state index in [1.54, 1.807) is 11.3 Å². The third-order valence-electron chi connectivity index (χ3n) is 4.37. The first-order chi connectivity index (χ1) is 11.7. The topological polar surface area (TPSA) is 45.2 Å². The molecule has 0 aliphatic carbocycles. The lowest BCUT2D eigenvalue weighted by Crippen LogP contribution is -2.29. The summed E-state index contributed by atoms with van der Waals surface area (Å²) in [5.41, 5.74) is 2.50. The lowest BCUT2D eigenvalue weighted by molar-refractivity contribution is -0.114. The molecule has 1 aliphatic heterocycles. The van der Waals surface area contributed by atoms with Crippen LogP contribution in [0.5, 0.6) is 0 Å². The van der Waals surface area contributed by atoms with Crippen molar-refractivity contribution >= 4 is 33.1 Å². The molecule has 0 bridgehead atoms. The Morgan fingerprint density at radius 2 is 2.08 bits per heavy atom. The highest BCUT2D eigenvalue weighted by molar-refractivity contribution is 7.15. The summed E-state index contributed by atoms with van der Waals surface area (Å²) in [6.07, 6.45) is 0.941. The van der Waals surface area contributed by atoms with Gasteiger partial charge in [0.1, 0.15) is 0 Å². The molecule has 0 spiro atoms. The minimum absolute atomic E-state index is 0.0614. The highest BCUT2D eigenvalue weighted by Crippen LogP contribution is 2.30. The van der Waals surface area contributed by atoms with Crippen LogP contribution >= 0.6 is 11.3 Å². The normalized spacial score (nSPS) is 14.5. The van der Waals surface area contributed by atoms with Crippen molar-refractivity contribution in [1.29, 1.82) is 0 Å². The van der Waals surface area contributed by atoms with Crippen molar-refractivity contribution in [2.45, 2.75) is 26.4 Å². The number of carbonyl (C=O) groups is 1. The van der Waals surface area contributed by atoms with Crippen LogP contribution in [0.3, 0.4) is 0 Å². The average molecular weight is 337 g/mol. The Balaban J connectivity index is 1.54. The molecule has 0 unspecified atom stereocenters. The average Bonchev–Trinajstić information content (AvgIpc) is 2.96. The van der Waals surface area contributed by atoms with Crippen LogP contribution in [0.15, 0.2) is 42.5 Å². The summed E-state index contributed by atoms with van der Waals surface area (Å²) < 4.78 is 0. The molecule has 2 heterocycles. The Morgan fingerprint density at radius 1 is 1.25 bits per heavy atom. The first kappa shape index (κ1) is 15.3. The molecule has 1 amide bonds. The van der Waals surface area contributed by atoms with Crippen molar-refractivity contribution in [2.75, 3.05) is 11.9 Å². The summed E-state index contributed by atoms with van der Waals surface area (Å²) >= 11 is 1.60. The molecule has 1 aliphatic rings. The number of thiazole rings is 1. The molecule has 0 atom stereocenters. The zero-order valence-electron chi connectivity index (χ0n) is 13.6. The molecule has 0 fully saturated rings. The number of nitrogens with one attached hydrogen (secondary N) is 1. The number of benzene rings is 2. The van der Waals surface area contributed by atoms with Crippen LogP contribution < -0.4 is 5.32 Å². The van der Waals surface area contributed by atoms with E-state index in [1.165, 1.54) is 28.1 Å². The molecule has 5 heteroatoms. The number of fused-ring (bicyclic) bond motifs is 2. The van der Waals surface area contributed by atoms with E-state index >= 15 is 0 Å². The minimum Gasteiger partial charge on any atom is -0.302 e. The van der Waals surface area contributed by atoms with Gasteiger partial charge < -0.3 is 5.32 Å². The monoisotopic (exact) mass is 337 g/mol. The number of hydrogen-bond acceptors (Lipinski definition) is 4. The molecule has 1 N–H and O–H groups in total. The molecule has 0 saturated carbocycles. The maximum atomic E-state index is 11.2. The second-order valence-electron chi connectivity index (χ2n) is 6.17. The summed E-state index contributed by atoms with van der Waals surface area (Å²) in [4.78, 5) is 19.5. The Labute approximate surface area is 145 Å². The SMILES string of the molecule is CC(=O)Nc1nc2c(s1)CN(Cc1cccc3ccccc13)CC2. The number of aromatic nitrogens is 1. The van der Waals surface area contributed by atoms with E-state index in [0.29, 0.717) is 0 Å². The molecular formula is C19H19N3OS.